The maximum absolute atomic E-state index is 9.05. The summed E-state index contributed by atoms with van der Waals surface area (Å²) >= 11 is 0. The monoisotopic (exact) mass is 290 g/mol. The largest absolute Gasteiger partial charge is 0.369 e. The lowest BCUT2D eigenvalue weighted by Gasteiger charge is -2.12. The molecule has 4 nitrogen and oxygen atoms in total. The van der Waals surface area contributed by atoms with Crippen LogP contribution in [0, 0.1) is 11.3 Å². The minimum atomic E-state index is 0.577. The van der Waals surface area contributed by atoms with Crippen LogP contribution >= 0.6 is 0 Å². The second-order valence-corrected chi connectivity index (χ2v) is 4.74. The summed E-state index contributed by atoms with van der Waals surface area (Å²) in [6, 6.07) is 17.7. The van der Waals surface area contributed by atoms with Crippen molar-refractivity contribution < 1.29 is 0 Å². The Bertz CT molecular complexity index is 712. The summed E-state index contributed by atoms with van der Waals surface area (Å²) in [5, 5.41) is 12.4. The van der Waals surface area contributed by atoms with Gasteiger partial charge >= 0.3 is 0 Å². The van der Waals surface area contributed by atoms with Crippen LogP contribution in [0.1, 0.15) is 16.7 Å². The van der Waals surface area contributed by atoms with E-state index < -0.39 is 0 Å². The number of rotatable bonds is 5. The highest BCUT2D eigenvalue weighted by Crippen LogP contribution is 2.20. The smallest absolute Gasteiger partial charge is 0.130 e. The van der Waals surface area contributed by atoms with Crippen molar-refractivity contribution in [2.45, 2.75) is 6.42 Å². The zero-order valence-corrected chi connectivity index (χ0v) is 12.6. The first-order valence-electron chi connectivity index (χ1n) is 7.04. The molecule has 2 aromatic carbocycles. The zero-order chi connectivity index (χ0) is 15.8. The Morgan fingerprint density at radius 3 is 2.64 bits per heavy atom. The van der Waals surface area contributed by atoms with Crippen LogP contribution in [0.5, 0.6) is 0 Å². The van der Waals surface area contributed by atoms with Crippen LogP contribution in [-0.2, 0) is 6.42 Å². The first kappa shape index (κ1) is 15.5. The van der Waals surface area contributed by atoms with Gasteiger partial charge in [0.05, 0.1) is 17.3 Å². The molecule has 0 unspecified atom stereocenters. The lowest BCUT2D eigenvalue weighted by atomic mass is 10.1. The quantitative estimate of drug-likeness (QED) is 0.679. The van der Waals surface area contributed by atoms with Crippen molar-refractivity contribution >= 4 is 18.2 Å². The number of hydrogen-bond acceptors (Lipinski definition) is 3. The van der Waals surface area contributed by atoms with Gasteiger partial charge in [-0.25, -0.2) is 0 Å². The van der Waals surface area contributed by atoms with Crippen molar-refractivity contribution in [3.8, 4) is 6.07 Å². The predicted octanol–water partition coefficient (Wildman–Crippen LogP) is 3.10. The Hall–Kier alpha value is -2.93. The molecule has 0 bridgehead atoms. The van der Waals surface area contributed by atoms with Crippen LogP contribution in [0.3, 0.4) is 0 Å². The first-order valence-corrected chi connectivity index (χ1v) is 7.04. The van der Waals surface area contributed by atoms with Crippen molar-refractivity contribution in [1.29, 1.82) is 5.26 Å². The molecule has 0 atom stereocenters. The molecule has 110 valence electrons. The number of aliphatic imine (C=N–C) groups is 2. The van der Waals surface area contributed by atoms with E-state index in [1.165, 1.54) is 5.56 Å². The minimum Gasteiger partial charge on any atom is -0.369 e. The number of nitriles is 1. The number of nitrogens with zero attached hydrogens (tertiary/aromatic N) is 3. The molecule has 4 heteroatoms. The summed E-state index contributed by atoms with van der Waals surface area (Å²) in [6.07, 6.45) is 0.897. The fourth-order valence-corrected chi connectivity index (χ4v) is 2.20. The molecule has 0 fully saturated rings. The molecule has 0 saturated heterocycles. The van der Waals surface area contributed by atoms with E-state index >= 15 is 0 Å². The van der Waals surface area contributed by atoms with E-state index in [-0.39, 0.29) is 0 Å². The van der Waals surface area contributed by atoms with Gasteiger partial charge in [0.25, 0.3) is 0 Å². The van der Waals surface area contributed by atoms with Gasteiger partial charge in [0.1, 0.15) is 5.84 Å². The molecule has 0 saturated carbocycles. The minimum absolute atomic E-state index is 0.577. The molecule has 1 N–H and O–H groups in total. The van der Waals surface area contributed by atoms with Gasteiger partial charge in [-0.15, -0.1) is 0 Å². The molecule has 0 radical (unpaired) electrons. The normalized spacial score (nSPS) is 10.8. The van der Waals surface area contributed by atoms with Gasteiger partial charge in [-0.05, 0) is 36.9 Å². The van der Waals surface area contributed by atoms with Gasteiger partial charge in [-0.2, -0.15) is 5.26 Å². The molecule has 0 spiro atoms. The van der Waals surface area contributed by atoms with Crippen LogP contribution in [0.25, 0.3) is 0 Å². The third-order valence-electron chi connectivity index (χ3n) is 3.32. The third kappa shape index (κ3) is 3.80. The van der Waals surface area contributed by atoms with E-state index in [2.05, 4.69) is 40.2 Å². The number of nitrogens with one attached hydrogen (secondary N) is 1. The number of hydrogen-bond donors (Lipinski definition) is 1. The van der Waals surface area contributed by atoms with E-state index in [1.807, 2.05) is 18.2 Å². The number of benzene rings is 2. The van der Waals surface area contributed by atoms with Gasteiger partial charge in [0, 0.05) is 19.2 Å². The molecular weight excluding hydrogens is 272 g/mol. The van der Waals surface area contributed by atoms with Crippen molar-refractivity contribution in [3.63, 3.8) is 0 Å². The molecule has 0 aromatic heterocycles. The molecule has 2 rings (SSSR count). The molecule has 22 heavy (non-hydrogen) atoms. The maximum Gasteiger partial charge on any atom is 0.130 e. The average molecular weight is 290 g/mol. The van der Waals surface area contributed by atoms with E-state index in [0.717, 1.165) is 24.4 Å². The van der Waals surface area contributed by atoms with Gasteiger partial charge in [-0.3, -0.25) is 9.98 Å². The van der Waals surface area contributed by atoms with Crippen molar-refractivity contribution in [2.75, 3.05) is 13.6 Å². The van der Waals surface area contributed by atoms with E-state index in [4.69, 9.17) is 5.26 Å². The Kier molecular flexibility index (Phi) is 5.44. The molecule has 2 aromatic rings. The van der Waals surface area contributed by atoms with Crippen LogP contribution in [0.2, 0.25) is 0 Å². The van der Waals surface area contributed by atoms with E-state index in [9.17, 15) is 0 Å². The SMILES string of the molecule is C=Nc1ccc(C#N)cc1C(=NC)NCCc1ccccc1. The topological polar surface area (TPSA) is 60.5 Å². The number of amidine groups is 1. The first-order chi connectivity index (χ1) is 10.8. The van der Waals surface area contributed by atoms with Crippen LogP contribution in [0.4, 0.5) is 5.69 Å². The highest BCUT2D eigenvalue weighted by atomic mass is 15.0. The standard InChI is InChI=1S/C18H18N4/c1-20-17-9-8-15(13-19)12-16(17)18(21-2)22-11-10-14-6-4-3-5-7-14/h3-9,12H,1,10-11H2,2H3,(H,21,22). The summed E-state index contributed by atoms with van der Waals surface area (Å²) in [5.74, 6) is 0.718. The molecule has 0 aliphatic rings. The summed E-state index contributed by atoms with van der Waals surface area (Å²) < 4.78 is 0. The Morgan fingerprint density at radius 1 is 1.23 bits per heavy atom. The molecular formula is C18H18N4. The second-order valence-electron chi connectivity index (χ2n) is 4.74. The molecule has 0 amide bonds. The van der Waals surface area contributed by atoms with Gasteiger partial charge in [0.2, 0.25) is 0 Å². The molecule has 0 heterocycles. The summed E-state index contributed by atoms with van der Waals surface area (Å²) in [4.78, 5) is 8.28. The lowest BCUT2D eigenvalue weighted by molar-refractivity contribution is 0.864. The van der Waals surface area contributed by atoms with E-state index in [0.29, 0.717) is 11.3 Å². The average Bonchev–Trinajstić information content (AvgIpc) is 2.59. The van der Waals surface area contributed by atoms with Crippen LogP contribution in [-0.4, -0.2) is 26.1 Å². The maximum atomic E-state index is 9.05. The predicted molar refractivity (Wildman–Crippen MR) is 91.0 cm³/mol. The van der Waals surface area contributed by atoms with Crippen LogP contribution in [0.15, 0.2) is 58.5 Å². The van der Waals surface area contributed by atoms with Gasteiger partial charge in [0.15, 0.2) is 0 Å². The van der Waals surface area contributed by atoms with E-state index in [1.54, 1.807) is 25.2 Å². The lowest BCUT2D eigenvalue weighted by Crippen LogP contribution is -2.27. The zero-order valence-electron chi connectivity index (χ0n) is 12.6. The Balaban J connectivity index is 2.12. The highest BCUT2D eigenvalue weighted by molar-refractivity contribution is 6.03. The summed E-state index contributed by atoms with van der Waals surface area (Å²) in [6.45, 7) is 4.33. The Morgan fingerprint density at radius 2 is 2.00 bits per heavy atom. The van der Waals surface area contributed by atoms with Crippen molar-refractivity contribution in [2.24, 2.45) is 9.98 Å². The molecule has 0 aliphatic heterocycles. The summed E-state index contributed by atoms with van der Waals surface area (Å²) in [5.41, 5.74) is 3.35. The van der Waals surface area contributed by atoms with Crippen molar-refractivity contribution in [1.82, 2.24) is 5.32 Å². The Labute approximate surface area is 130 Å². The molecule has 0 aliphatic carbocycles. The third-order valence-corrected chi connectivity index (χ3v) is 3.32. The van der Waals surface area contributed by atoms with Crippen LogP contribution < -0.4 is 5.32 Å². The highest BCUT2D eigenvalue weighted by Gasteiger charge is 2.09. The fourth-order valence-electron chi connectivity index (χ4n) is 2.20. The van der Waals surface area contributed by atoms with Gasteiger partial charge in [-0.1, -0.05) is 30.3 Å². The summed E-state index contributed by atoms with van der Waals surface area (Å²) in [7, 11) is 1.72. The van der Waals surface area contributed by atoms with Gasteiger partial charge < -0.3 is 5.32 Å². The fraction of sp³-hybridized carbons (Fsp3) is 0.167. The van der Waals surface area contributed by atoms with Crippen molar-refractivity contribution in [3.05, 3.63) is 65.2 Å². The second kappa shape index (κ2) is 7.75.